The van der Waals surface area contributed by atoms with Gasteiger partial charge in [0.05, 0.1) is 18.6 Å². The van der Waals surface area contributed by atoms with Gasteiger partial charge in [0.15, 0.2) is 0 Å². The molecule has 2 heterocycles. The molecule has 0 spiro atoms. The summed E-state index contributed by atoms with van der Waals surface area (Å²) >= 11 is 3.19. The number of fused-ring (bicyclic) bond motifs is 1. The zero-order valence-corrected chi connectivity index (χ0v) is 19.1. The summed E-state index contributed by atoms with van der Waals surface area (Å²) < 4.78 is 5.25. The molecule has 1 N–H and O–H groups in total. The molecule has 1 atom stereocenters. The second-order valence-corrected chi connectivity index (χ2v) is 9.51. The van der Waals surface area contributed by atoms with Crippen molar-refractivity contribution in [3.63, 3.8) is 0 Å². The highest BCUT2D eigenvalue weighted by Crippen LogP contribution is 2.32. The molecular weight excluding hydrogens is 428 g/mol. The Bertz CT molecular complexity index is 1060. The van der Waals surface area contributed by atoms with Crippen molar-refractivity contribution in [1.82, 2.24) is 4.90 Å². The summed E-state index contributed by atoms with van der Waals surface area (Å²) in [5.41, 5.74) is 2.32. The van der Waals surface area contributed by atoms with E-state index in [0.717, 1.165) is 22.6 Å². The monoisotopic (exact) mass is 452 g/mol. The SMILES string of the molecule is COc1ccc(CN(C(=O)c2ccc3c(c2)NC(=O)CS3)[C@H](C)Cc2cccs2)cc1. The Morgan fingerprint density at radius 1 is 1.19 bits per heavy atom. The number of carbonyl (C=O) groups is 2. The van der Waals surface area contributed by atoms with E-state index in [9.17, 15) is 9.59 Å². The summed E-state index contributed by atoms with van der Waals surface area (Å²) in [4.78, 5) is 29.5. The van der Waals surface area contributed by atoms with Crippen LogP contribution in [0.15, 0.2) is 64.9 Å². The quantitative estimate of drug-likeness (QED) is 0.543. The van der Waals surface area contributed by atoms with Crippen molar-refractivity contribution in [3.05, 3.63) is 76.0 Å². The van der Waals surface area contributed by atoms with Gasteiger partial charge < -0.3 is 15.0 Å². The van der Waals surface area contributed by atoms with Crippen LogP contribution in [0.2, 0.25) is 0 Å². The molecule has 31 heavy (non-hydrogen) atoms. The third-order valence-electron chi connectivity index (χ3n) is 5.24. The van der Waals surface area contributed by atoms with E-state index in [1.807, 2.05) is 47.4 Å². The molecular formula is C24H24N2O3S2. The van der Waals surface area contributed by atoms with Crippen molar-refractivity contribution in [2.45, 2.75) is 30.8 Å². The number of anilines is 1. The lowest BCUT2D eigenvalue weighted by Gasteiger charge is -2.30. The number of thiophene rings is 1. The summed E-state index contributed by atoms with van der Waals surface area (Å²) in [6.45, 7) is 2.57. The summed E-state index contributed by atoms with van der Waals surface area (Å²) in [5, 5.41) is 4.94. The average molecular weight is 453 g/mol. The Morgan fingerprint density at radius 3 is 2.71 bits per heavy atom. The van der Waals surface area contributed by atoms with Gasteiger partial charge in [-0.05, 0) is 54.3 Å². The Hall–Kier alpha value is -2.77. The number of methoxy groups -OCH3 is 1. The molecule has 2 amide bonds. The maximum absolute atomic E-state index is 13.6. The van der Waals surface area contributed by atoms with Crippen molar-refractivity contribution >= 4 is 40.6 Å². The Kier molecular flexibility index (Phi) is 6.63. The number of benzene rings is 2. The van der Waals surface area contributed by atoms with E-state index in [1.54, 1.807) is 24.5 Å². The summed E-state index contributed by atoms with van der Waals surface area (Å²) in [7, 11) is 1.64. The fourth-order valence-corrected chi connectivity index (χ4v) is 5.18. The molecule has 160 valence electrons. The fourth-order valence-electron chi connectivity index (χ4n) is 3.57. The number of rotatable bonds is 7. The van der Waals surface area contributed by atoms with E-state index in [4.69, 9.17) is 4.74 Å². The highest BCUT2D eigenvalue weighted by molar-refractivity contribution is 8.00. The van der Waals surface area contributed by atoms with Crippen LogP contribution in [0.1, 0.15) is 27.7 Å². The standard InChI is InChI=1S/C24H24N2O3S2/c1-16(12-20-4-3-11-30-20)26(14-17-5-8-19(29-2)9-6-17)24(28)18-7-10-22-21(13-18)25-23(27)15-31-22/h3-11,13,16H,12,14-15H2,1-2H3,(H,25,27)/t16-/m1/s1. The van der Waals surface area contributed by atoms with Gasteiger partial charge in [-0.1, -0.05) is 18.2 Å². The topological polar surface area (TPSA) is 58.6 Å². The molecule has 1 aromatic heterocycles. The second-order valence-electron chi connectivity index (χ2n) is 7.46. The first-order valence-electron chi connectivity index (χ1n) is 10.1. The molecule has 0 bridgehead atoms. The van der Waals surface area contributed by atoms with Crippen LogP contribution in [0, 0.1) is 0 Å². The number of nitrogens with one attached hydrogen (secondary N) is 1. The molecule has 0 radical (unpaired) electrons. The Labute approximate surface area is 190 Å². The first kappa shape index (κ1) is 21.5. The van der Waals surface area contributed by atoms with Gasteiger partial charge in [0.25, 0.3) is 5.91 Å². The molecule has 0 saturated heterocycles. The lowest BCUT2D eigenvalue weighted by Crippen LogP contribution is -2.39. The maximum Gasteiger partial charge on any atom is 0.254 e. The van der Waals surface area contributed by atoms with Crippen LogP contribution in [0.5, 0.6) is 5.75 Å². The lowest BCUT2D eigenvalue weighted by atomic mass is 10.1. The number of ether oxygens (including phenoxy) is 1. The lowest BCUT2D eigenvalue weighted by molar-refractivity contribution is -0.113. The number of hydrogen-bond donors (Lipinski definition) is 1. The van der Waals surface area contributed by atoms with Gasteiger partial charge in [0.1, 0.15) is 5.75 Å². The first-order valence-corrected chi connectivity index (χ1v) is 11.9. The minimum Gasteiger partial charge on any atom is -0.497 e. The normalized spacial score (nSPS) is 13.8. The Morgan fingerprint density at radius 2 is 2.00 bits per heavy atom. The predicted molar refractivity (Wildman–Crippen MR) is 126 cm³/mol. The minimum absolute atomic E-state index is 0.00764. The van der Waals surface area contributed by atoms with E-state index < -0.39 is 0 Å². The highest BCUT2D eigenvalue weighted by atomic mass is 32.2. The zero-order valence-electron chi connectivity index (χ0n) is 17.5. The molecule has 0 aliphatic carbocycles. The van der Waals surface area contributed by atoms with Gasteiger partial charge >= 0.3 is 0 Å². The molecule has 2 aromatic carbocycles. The van der Waals surface area contributed by atoms with Crippen molar-refractivity contribution in [1.29, 1.82) is 0 Å². The number of thioether (sulfide) groups is 1. The van der Waals surface area contributed by atoms with Gasteiger partial charge in [0, 0.05) is 34.3 Å². The van der Waals surface area contributed by atoms with Crippen molar-refractivity contribution < 1.29 is 14.3 Å². The number of amides is 2. The van der Waals surface area contributed by atoms with Gasteiger partial charge in [-0.2, -0.15) is 0 Å². The summed E-state index contributed by atoms with van der Waals surface area (Å²) in [6.07, 6.45) is 0.789. The van der Waals surface area contributed by atoms with Gasteiger partial charge in [-0.3, -0.25) is 9.59 Å². The van der Waals surface area contributed by atoms with Gasteiger partial charge in [0.2, 0.25) is 5.91 Å². The predicted octanol–water partition coefficient (Wildman–Crippen LogP) is 5.07. The van der Waals surface area contributed by atoms with Crippen molar-refractivity contribution in [3.8, 4) is 5.75 Å². The number of hydrogen-bond acceptors (Lipinski definition) is 5. The molecule has 3 aromatic rings. The minimum atomic E-state index is -0.0486. The van der Waals surface area contributed by atoms with Crippen molar-refractivity contribution in [2.75, 3.05) is 18.2 Å². The molecule has 1 aliphatic rings. The van der Waals surface area contributed by atoms with Crippen molar-refractivity contribution in [2.24, 2.45) is 0 Å². The zero-order chi connectivity index (χ0) is 21.8. The molecule has 0 unspecified atom stereocenters. The largest absolute Gasteiger partial charge is 0.497 e. The smallest absolute Gasteiger partial charge is 0.254 e. The molecule has 7 heteroatoms. The van der Waals surface area contributed by atoms with Crippen LogP contribution in [-0.2, 0) is 17.8 Å². The second kappa shape index (κ2) is 9.58. The average Bonchev–Trinajstić information content (AvgIpc) is 3.29. The van der Waals surface area contributed by atoms with Crippen LogP contribution >= 0.6 is 23.1 Å². The highest BCUT2D eigenvalue weighted by Gasteiger charge is 2.24. The van der Waals surface area contributed by atoms with Crippen LogP contribution in [0.3, 0.4) is 0 Å². The number of nitrogens with zero attached hydrogens (tertiary/aromatic N) is 1. The molecule has 0 fully saturated rings. The molecule has 1 aliphatic heterocycles. The van der Waals surface area contributed by atoms with E-state index >= 15 is 0 Å². The summed E-state index contributed by atoms with van der Waals surface area (Å²) in [6, 6.07) is 17.5. The fraction of sp³-hybridized carbons (Fsp3) is 0.250. The molecule has 5 nitrogen and oxygen atoms in total. The van der Waals surface area contributed by atoms with E-state index in [0.29, 0.717) is 23.5 Å². The van der Waals surface area contributed by atoms with E-state index in [1.165, 1.54) is 16.6 Å². The Balaban J connectivity index is 1.61. The summed E-state index contributed by atoms with van der Waals surface area (Å²) in [5.74, 6) is 1.11. The molecule has 4 rings (SSSR count). The third-order valence-corrected chi connectivity index (χ3v) is 7.21. The van der Waals surface area contributed by atoms with Crippen LogP contribution in [0.4, 0.5) is 5.69 Å². The first-order chi connectivity index (χ1) is 15.0. The van der Waals surface area contributed by atoms with E-state index in [2.05, 4.69) is 23.7 Å². The molecule has 0 saturated carbocycles. The third kappa shape index (κ3) is 5.11. The van der Waals surface area contributed by atoms with E-state index in [-0.39, 0.29) is 17.9 Å². The van der Waals surface area contributed by atoms with Crippen LogP contribution in [-0.4, -0.2) is 35.6 Å². The number of carbonyl (C=O) groups excluding carboxylic acids is 2. The maximum atomic E-state index is 13.6. The van der Waals surface area contributed by atoms with Crippen LogP contribution < -0.4 is 10.1 Å². The van der Waals surface area contributed by atoms with Gasteiger partial charge in [-0.15, -0.1) is 23.1 Å². The van der Waals surface area contributed by atoms with Crippen LogP contribution in [0.25, 0.3) is 0 Å². The van der Waals surface area contributed by atoms with Gasteiger partial charge in [-0.25, -0.2) is 0 Å².